The summed E-state index contributed by atoms with van der Waals surface area (Å²) in [7, 11) is 0. The molecule has 0 saturated carbocycles. The molecule has 1 saturated heterocycles. The summed E-state index contributed by atoms with van der Waals surface area (Å²) in [6.45, 7) is 1.30. The Balaban J connectivity index is 2.42. The molecule has 0 aliphatic carbocycles. The first kappa shape index (κ1) is 6.83. The van der Waals surface area contributed by atoms with Crippen molar-refractivity contribution in [1.82, 2.24) is 0 Å². The van der Waals surface area contributed by atoms with Crippen LogP contribution in [0.4, 0.5) is 0 Å². The van der Waals surface area contributed by atoms with Crippen LogP contribution in [-0.4, -0.2) is 23.6 Å². The van der Waals surface area contributed by atoms with Gasteiger partial charge in [0.25, 0.3) is 0 Å². The Labute approximate surface area is 58.3 Å². The van der Waals surface area contributed by atoms with Gasteiger partial charge in [0, 0.05) is 12.5 Å². The Bertz CT molecular complexity index is 120. The van der Waals surface area contributed by atoms with Gasteiger partial charge < -0.3 is 9.94 Å². The molecule has 1 rings (SSSR count). The van der Waals surface area contributed by atoms with Gasteiger partial charge in [-0.3, -0.25) is 0 Å². The Morgan fingerprint density at radius 2 is 2.56 bits per heavy atom. The van der Waals surface area contributed by atoms with Crippen LogP contribution in [0.1, 0.15) is 6.42 Å². The van der Waals surface area contributed by atoms with Gasteiger partial charge in [0.15, 0.2) is 5.17 Å². The van der Waals surface area contributed by atoms with Crippen LogP contribution in [-0.2, 0) is 4.74 Å². The van der Waals surface area contributed by atoms with E-state index < -0.39 is 0 Å². The quantitative estimate of drug-likeness (QED) is 0.344. The summed E-state index contributed by atoms with van der Waals surface area (Å²) < 4.78 is 5.00. The van der Waals surface area contributed by atoms with E-state index in [1.54, 1.807) is 0 Å². The van der Waals surface area contributed by atoms with Crippen molar-refractivity contribution in [3.8, 4) is 0 Å². The van der Waals surface area contributed by atoms with E-state index in [0.29, 0.717) is 6.61 Å². The van der Waals surface area contributed by atoms with Gasteiger partial charge in [-0.25, -0.2) is 0 Å². The standard InChI is InChI=1S/C5H8ClNO2/c6-5(7-8)4-1-2-9-3-4/h4,8H,1-3H2. The predicted octanol–water partition coefficient (Wildman–Crippen LogP) is 1.05. The van der Waals surface area contributed by atoms with Crippen LogP contribution >= 0.6 is 11.6 Å². The Hall–Kier alpha value is -0.280. The van der Waals surface area contributed by atoms with Gasteiger partial charge >= 0.3 is 0 Å². The number of hydrogen-bond donors (Lipinski definition) is 1. The third kappa shape index (κ3) is 1.56. The molecule has 0 aromatic carbocycles. The monoisotopic (exact) mass is 149 g/mol. The number of oxime groups is 1. The van der Waals surface area contributed by atoms with Gasteiger partial charge in [-0.2, -0.15) is 0 Å². The van der Waals surface area contributed by atoms with Crippen LogP contribution in [0.2, 0.25) is 0 Å². The molecule has 0 spiro atoms. The molecule has 1 aliphatic rings. The van der Waals surface area contributed by atoms with E-state index in [9.17, 15) is 0 Å². The largest absolute Gasteiger partial charge is 0.410 e. The van der Waals surface area contributed by atoms with Crippen molar-refractivity contribution >= 4 is 16.8 Å². The van der Waals surface area contributed by atoms with Crippen molar-refractivity contribution in [2.75, 3.05) is 13.2 Å². The van der Waals surface area contributed by atoms with E-state index in [1.807, 2.05) is 0 Å². The van der Waals surface area contributed by atoms with Crippen molar-refractivity contribution in [3.05, 3.63) is 0 Å². The number of rotatable bonds is 1. The van der Waals surface area contributed by atoms with Crippen molar-refractivity contribution in [2.24, 2.45) is 11.1 Å². The van der Waals surface area contributed by atoms with Crippen LogP contribution in [0.15, 0.2) is 5.16 Å². The van der Waals surface area contributed by atoms with Crippen LogP contribution in [0.25, 0.3) is 0 Å². The summed E-state index contributed by atoms with van der Waals surface area (Å²) in [6, 6.07) is 0. The minimum absolute atomic E-state index is 0.122. The van der Waals surface area contributed by atoms with Crippen LogP contribution in [0.3, 0.4) is 0 Å². The molecule has 4 heteroatoms. The van der Waals surface area contributed by atoms with E-state index in [-0.39, 0.29) is 11.1 Å². The first-order chi connectivity index (χ1) is 4.34. The minimum Gasteiger partial charge on any atom is -0.410 e. The van der Waals surface area contributed by atoms with E-state index in [2.05, 4.69) is 5.16 Å². The lowest BCUT2D eigenvalue weighted by atomic mass is 10.1. The van der Waals surface area contributed by atoms with Crippen molar-refractivity contribution < 1.29 is 9.94 Å². The van der Waals surface area contributed by atoms with Gasteiger partial charge in [0.05, 0.1) is 6.61 Å². The summed E-state index contributed by atoms with van der Waals surface area (Å²) in [5.74, 6) is 0.122. The number of nitrogens with zero attached hydrogens (tertiary/aromatic N) is 1. The lowest BCUT2D eigenvalue weighted by Crippen LogP contribution is -2.07. The van der Waals surface area contributed by atoms with E-state index >= 15 is 0 Å². The third-order valence-corrected chi connectivity index (χ3v) is 1.75. The fourth-order valence-electron chi connectivity index (χ4n) is 0.804. The van der Waals surface area contributed by atoms with Crippen molar-refractivity contribution in [3.63, 3.8) is 0 Å². The third-order valence-electron chi connectivity index (χ3n) is 1.36. The molecule has 0 bridgehead atoms. The molecular weight excluding hydrogens is 142 g/mol. The first-order valence-electron chi connectivity index (χ1n) is 2.80. The second kappa shape index (κ2) is 3.03. The topological polar surface area (TPSA) is 41.8 Å². The molecule has 3 nitrogen and oxygen atoms in total. The molecule has 0 radical (unpaired) electrons. The van der Waals surface area contributed by atoms with Crippen molar-refractivity contribution in [1.29, 1.82) is 0 Å². The molecule has 1 unspecified atom stereocenters. The smallest absolute Gasteiger partial charge is 0.150 e. The van der Waals surface area contributed by atoms with Crippen molar-refractivity contribution in [2.45, 2.75) is 6.42 Å². The van der Waals surface area contributed by atoms with Crippen LogP contribution < -0.4 is 0 Å². The highest BCUT2D eigenvalue weighted by Gasteiger charge is 2.20. The van der Waals surface area contributed by atoms with Crippen LogP contribution in [0, 0.1) is 5.92 Å². The SMILES string of the molecule is ON=C(Cl)C1CCOC1. The predicted molar refractivity (Wildman–Crippen MR) is 34.0 cm³/mol. The Morgan fingerprint density at radius 1 is 1.78 bits per heavy atom. The number of halogens is 1. The molecule has 9 heavy (non-hydrogen) atoms. The summed E-state index contributed by atoms with van der Waals surface area (Å²) in [6.07, 6.45) is 0.864. The molecule has 0 aromatic rings. The maximum absolute atomic E-state index is 8.20. The second-order valence-corrected chi connectivity index (χ2v) is 2.37. The highest BCUT2D eigenvalue weighted by Crippen LogP contribution is 2.15. The normalized spacial score (nSPS) is 29.0. The Kier molecular flexibility index (Phi) is 2.30. The molecule has 1 atom stereocenters. The molecule has 0 amide bonds. The van der Waals surface area contributed by atoms with E-state index in [0.717, 1.165) is 13.0 Å². The van der Waals surface area contributed by atoms with E-state index in [4.69, 9.17) is 21.5 Å². The van der Waals surface area contributed by atoms with Gasteiger partial charge in [-0.15, -0.1) is 0 Å². The highest BCUT2D eigenvalue weighted by molar-refractivity contribution is 6.65. The molecule has 1 fully saturated rings. The zero-order chi connectivity index (χ0) is 6.69. The van der Waals surface area contributed by atoms with E-state index in [1.165, 1.54) is 0 Å². The molecule has 52 valence electrons. The molecule has 0 aromatic heterocycles. The maximum atomic E-state index is 8.20. The lowest BCUT2D eigenvalue weighted by molar-refractivity contribution is 0.192. The summed E-state index contributed by atoms with van der Waals surface area (Å²) >= 11 is 5.49. The fourth-order valence-corrected chi connectivity index (χ4v) is 0.976. The zero-order valence-corrected chi connectivity index (χ0v) is 5.64. The average Bonchev–Trinajstić information content (AvgIpc) is 2.37. The highest BCUT2D eigenvalue weighted by atomic mass is 35.5. The molecular formula is C5H8ClNO2. The van der Waals surface area contributed by atoms with Crippen LogP contribution in [0.5, 0.6) is 0 Å². The summed E-state index contributed by atoms with van der Waals surface area (Å²) in [4.78, 5) is 0. The number of hydrogen-bond acceptors (Lipinski definition) is 3. The molecule has 1 heterocycles. The maximum Gasteiger partial charge on any atom is 0.150 e. The summed E-state index contributed by atoms with van der Waals surface area (Å²) in [5, 5.41) is 11.3. The minimum atomic E-state index is 0.122. The lowest BCUT2D eigenvalue weighted by Gasteiger charge is -1.99. The van der Waals surface area contributed by atoms with Gasteiger partial charge in [0.1, 0.15) is 0 Å². The Morgan fingerprint density at radius 3 is 3.00 bits per heavy atom. The zero-order valence-electron chi connectivity index (χ0n) is 4.88. The van der Waals surface area contributed by atoms with Gasteiger partial charge in [-0.05, 0) is 6.42 Å². The van der Waals surface area contributed by atoms with Gasteiger partial charge in [-0.1, -0.05) is 16.8 Å². The second-order valence-electron chi connectivity index (χ2n) is 1.98. The summed E-state index contributed by atoms with van der Waals surface area (Å²) in [5.41, 5.74) is 0. The first-order valence-corrected chi connectivity index (χ1v) is 3.17. The number of ether oxygens (including phenoxy) is 1. The fraction of sp³-hybridized carbons (Fsp3) is 0.800. The molecule has 1 N–H and O–H groups in total. The average molecular weight is 150 g/mol. The molecule has 1 aliphatic heterocycles. The van der Waals surface area contributed by atoms with Gasteiger partial charge in [0.2, 0.25) is 0 Å².